The third-order valence-electron chi connectivity index (χ3n) is 2.48. The molecule has 2 rings (SSSR count). The summed E-state index contributed by atoms with van der Waals surface area (Å²) in [6, 6.07) is 7.59. The van der Waals surface area contributed by atoms with Crippen LogP contribution >= 0.6 is 11.8 Å². The predicted molar refractivity (Wildman–Crippen MR) is 73.8 cm³/mol. The number of aliphatic imine (C=N–C) groups is 1. The van der Waals surface area contributed by atoms with E-state index in [4.69, 9.17) is 5.11 Å². The second-order valence-electron chi connectivity index (χ2n) is 4.03. The standard InChI is InChI=1S/C12H13N3O3S/c1-7-2-4-8(5-3-7)14-11-15-10(16)9(19-11)6-13-12(17)18/h2-5,9,13H,6H2,1H3,(H,17,18)(H,14,15,16). The van der Waals surface area contributed by atoms with Crippen LogP contribution in [0.5, 0.6) is 0 Å². The van der Waals surface area contributed by atoms with Crippen molar-refractivity contribution in [1.82, 2.24) is 10.6 Å². The Morgan fingerprint density at radius 2 is 2.16 bits per heavy atom. The molecule has 19 heavy (non-hydrogen) atoms. The Hall–Kier alpha value is -2.02. The molecule has 100 valence electrons. The Kier molecular flexibility index (Phi) is 4.06. The predicted octanol–water partition coefficient (Wildman–Crippen LogP) is 1.48. The number of benzene rings is 1. The molecule has 0 bridgehead atoms. The molecule has 1 aliphatic rings. The van der Waals surface area contributed by atoms with E-state index in [-0.39, 0.29) is 12.5 Å². The summed E-state index contributed by atoms with van der Waals surface area (Å²) < 4.78 is 0. The summed E-state index contributed by atoms with van der Waals surface area (Å²) in [7, 11) is 0. The smallest absolute Gasteiger partial charge is 0.404 e. The van der Waals surface area contributed by atoms with Crippen LogP contribution in [0.4, 0.5) is 10.5 Å². The van der Waals surface area contributed by atoms with Crippen LogP contribution in [0.3, 0.4) is 0 Å². The fourth-order valence-electron chi connectivity index (χ4n) is 1.51. The second-order valence-corrected chi connectivity index (χ2v) is 5.23. The summed E-state index contributed by atoms with van der Waals surface area (Å²) in [5.74, 6) is -0.232. The number of aryl methyl sites for hydroxylation is 1. The quantitative estimate of drug-likeness (QED) is 0.781. The van der Waals surface area contributed by atoms with Gasteiger partial charge in [0.15, 0.2) is 5.17 Å². The lowest BCUT2D eigenvalue weighted by molar-refractivity contribution is -0.118. The Balaban J connectivity index is 2.01. The zero-order valence-corrected chi connectivity index (χ0v) is 11.0. The van der Waals surface area contributed by atoms with Crippen molar-refractivity contribution in [3.8, 4) is 0 Å². The fourth-order valence-corrected chi connectivity index (χ4v) is 2.43. The van der Waals surface area contributed by atoms with Crippen molar-refractivity contribution in [2.75, 3.05) is 6.54 Å². The van der Waals surface area contributed by atoms with Gasteiger partial charge >= 0.3 is 6.09 Å². The maximum atomic E-state index is 11.6. The zero-order chi connectivity index (χ0) is 13.8. The largest absolute Gasteiger partial charge is 0.465 e. The van der Waals surface area contributed by atoms with E-state index in [0.29, 0.717) is 5.17 Å². The average Bonchev–Trinajstić information content (AvgIpc) is 2.70. The Morgan fingerprint density at radius 3 is 2.79 bits per heavy atom. The van der Waals surface area contributed by atoms with E-state index in [1.165, 1.54) is 11.8 Å². The summed E-state index contributed by atoms with van der Waals surface area (Å²) in [5.41, 5.74) is 1.89. The van der Waals surface area contributed by atoms with Gasteiger partial charge in [-0.15, -0.1) is 0 Å². The molecule has 6 nitrogen and oxygen atoms in total. The third-order valence-corrected chi connectivity index (χ3v) is 3.56. The first kappa shape index (κ1) is 13.4. The van der Waals surface area contributed by atoms with Crippen LogP contribution in [0, 0.1) is 6.92 Å². The summed E-state index contributed by atoms with van der Waals surface area (Å²) >= 11 is 1.22. The highest BCUT2D eigenvalue weighted by Gasteiger charge is 2.30. The van der Waals surface area contributed by atoms with Gasteiger partial charge in [-0.2, -0.15) is 0 Å². The topological polar surface area (TPSA) is 90.8 Å². The van der Waals surface area contributed by atoms with Gasteiger partial charge in [-0.05, 0) is 19.1 Å². The van der Waals surface area contributed by atoms with Gasteiger partial charge in [0.05, 0.1) is 5.69 Å². The van der Waals surface area contributed by atoms with E-state index in [9.17, 15) is 9.59 Å². The molecule has 1 heterocycles. The van der Waals surface area contributed by atoms with Gasteiger partial charge < -0.3 is 15.7 Å². The molecule has 1 unspecified atom stereocenters. The minimum Gasteiger partial charge on any atom is -0.465 e. The molecule has 0 saturated carbocycles. The average molecular weight is 279 g/mol. The summed E-state index contributed by atoms with van der Waals surface area (Å²) in [6.07, 6.45) is -1.14. The van der Waals surface area contributed by atoms with Gasteiger partial charge in [-0.3, -0.25) is 4.79 Å². The summed E-state index contributed by atoms with van der Waals surface area (Å²) in [5, 5.41) is 13.3. The SMILES string of the molecule is Cc1ccc(N=C2NC(=O)C(CNC(=O)O)S2)cc1. The molecular formula is C12H13N3O3S. The van der Waals surface area contributed by atoms with Crippen LogP contribution < -0.4 is 10.6 Å². The molecule has 7 heteroatoms. The second kappa shape index (κ2) is 5.75. The van der Waals surface area contributed by atoms with E-state index in [2.05, 4.69) is 15.6 Å². The van der Waals surface area contributed by atoms with Crippen molar-refractivity contribution in [1.29, 1.82) is 0 Å². The van der Waals surface area contributed by atoms with Gasteiger partial charge in [0, 0.05) is 6.54 Å². The van der Waals surface area contributed by atoms with Crippen molar-refractivity contribution in [3.05, 3.63) is 29.8 Å². The first-order valence-corrected chi connectivity index (χ1v) is 6.52. The van der Waals surface area contributed by atoms with Crippen molar-refractivity contribution in [2.24, 2.45) is 4.99 Å². The first-order chi connectivity index (χ1) is 9.04. The van der Waals surface area contributed by atoms with Gasteiger partial charge in [-0.1, -0.05) is 29.5 Å². The molecule has 1 saturated heterocycles. The van der Waals surface area contributed by atoms with Gasteiger partial charge in [0.25, 0.3) is 0 Å². The third kappa shape index (κ3) is 3.72. The zero-order valence-electron chi connectivity index (χ0n) is 10.2. The van der Waals surface area contributed by atoms with Crippen LogP contribution in [0.1, 0.15) is 5.56 Å². The Labute approximate surface area is 114 Å². The number of amidine groups is 1. The normalized spacial score (nSPS) is 20.4. The molecule has 0 aromatic heterocycles. The van der Waals surface area contributed by atoms with E-state index >= 15 is 0 Å². The molecule has 0 spiro atoms. The fraction of sp³-hybridized carbons (Fsp3) is 0.250. The number of carbonyl (C=O) groups excluding carboxylic acids is 1. The highest BCUT2D eigenvalue weighted by Crippen LogP contribution is 2.22. The maximum absolute atomic E-state index is 11.6. The summed E-state index contributed by atoms with van der Waals surface area (Å²) in [6.45, 7) is 2.05. The lowest BCUT2D eigenvalue weighted by Crippen LogP contribution is -2.34. The summed E-state index contributed by atoms with van der Waals surface area (Å²) in [4.78, 5) is 26.3. The lowest BCUT2D eigenvalue weighted by Gasteiger charge is -2.03. The Morgan fingerprint density at radius 1 is 1.47 bits per heavy atom. The van der Waals surface area contributed by atoms with Crippen molar-refractivity contribution in [2.45, 2.75) is 12.2 Å². The van der Waals surface area contributed by atoms with Crippen LogP contribution in [0.2, 0.25) is 0 Å². The van der Waals surface area contributed by atoms with E-state index in [1.807, 2.05) is 31.2 Å². The highest BCUT2D eigenvalue weighted by molar-refractivity contribution is 8.15. The molecular weight excluding hydrogens is 266 g/mol. The van der Waals surface area contributed by atoms with E-state index in [0.717, 1.165) is 11.3 Å². The molecule has 1 aliphatic heterocycles. The number of rotatable bonds is 3. The molecule has 1 aromatic carbocycles. The number of carboxylic acid groups (broad SMARTS) is 1. The van der Waals surface area contributed by atoms with Crippen molar-refractivity contribution < 1.29 is 14.7 Å². The van der Waals surface area contributed by atoms with Crippen LogP contribution in [0.15, 0.2) is 29.3 Å². The van der Waals surface area contributed by atoms with E-state index < -0.39 is 11.3 Å². The number of hydrogen-bond donors (Lipinski definition) is 3. The van der Waals surface area contributed by atoms with Gasteiger partial charge in [-0.25, -0.2) is 9.79 Å². The molecule has 1 atom stereocenters. The highest BCUT2D eigenvalue weighted by atomic mass is 32.2. The van der Waals surface area contributed by atoms with Crippen molar-refractivity contribution >= 4 is 34.6 Å². The maximum Gasteiger partial charge on any atom is 0.404 e. The monoisotopic (exact) mass is 279 g/mol. The number of carbonyl (C=O) groups is 2. The van der Waals surface area contributed by atoms with Crippen molar-refractivity contribution in [3.63, 3.8) is 0 Å². The molecule has 1 fully saturated rings. The number of thioether (sulfide) groups is 1. The minimum atomic E-state index is -1.14. The number of amides is 2. The molecule has 3 N–H and O–H groups in total. The van der Waals surface area contributed by atoms with Crippen LogP contribution in [-0.4, -0.2) is 34.1 Å². The van der Waals surface area contributed by atoms with E-state index in [1.54, 1.807) is 0 Å². The van der Waals surface area contributed by atoms with Crippen LogP contribution in [-0.2, 0) is 4.79 Å². The molecule has 0 radical (unpaired) electrons. The number of nitrogens with one attached hydrogen (secondary N) is 2. The lowest BCUT2D eigenvalue weighted by atomic mass is 10.2. The molecule has 2 amide bonds. The van der Waals surface area contributed by atoms with Gasteiger partial charge in [0.1, 0.15) is 5.25 Å². The minimum absolute atomic E-state index is 0.0682. The molecule has 1 aromatic rings. The number of nitrogens with zero attached hydrogens (tertiary/aromatic N) is 1. The van der Waals surface area contributed by atoms with Crippen LogP contribution in [0.25, 0.3) is 0 Å². The molecule has 0 aliphatic carbocycles. The van der Waals surface area contributed by atoms with Gasteiger partial charge in [0.2, 0.25) is 5.91 Å². The Bertz CT molecular complexity index is 528. The first-order valence-electron chi connectivity index (χ1n) is 5.64. The number of hydrogen-bond acceptors (Lipinski definition) is 4.